The second kappa shape index (κ2) is 4.16. The van der Waals surface area contributed by atoms with Gasteiger partial charge in [0, 0.05) is 24.1 Å². The summed E-state index contributed by atoms with van der Waals surface area (Å²) < 4.78 is 0. The lowest BCUT2D eigenvalue weighted by Gasteiger charge is -2.26. The maximum Gasteiger partial charge on any atom is 0.0252 e. The molecule has 0 saturated carbocycles. The normalized spacial score (nSPS) is 17.0. The second-order valence-corrected chi connectivity index (χ2v) is 4.62. The molecule has 2 rings (SSSR count). The van der Waals surface area contributed by atoms with Gasteiger partial charge in [0.1, 0.15) is 0 Å². The maximum atomic E-state index is 3.56. The second-order valence-electron chi connectivity index (χ2n) is 3.54. The zero-order valence-electron chi connectivity index (χ0n) is 7.92. The van der Waals surface area contributed by atoms with Crippen molar-refractivity contribution < 1.29 is 0 Å². The summed E-state index contributed by atoms with van der Waals surface area (Å²) in [4.78, 5) is 0. The van der Waals surface area contributed by atoms with Crippen LogP contribution in [0.1, 0.15) is 11.1 Å². The molecule has 1 aromatic carbocycles. The first-order valence-electron chi connectivity index (χ1n) is 4.72. The van der Waals surface area contributed by atoms with Crippen molar-refractivity contribution >= 4 is 11.8 Å². The zero-order chi connectivity index (χ0) is 9.10. The number of benzene rings is 1. The lowest BCUT2D eigenvalue weighted by molar-refractivity contribution is 0.582. The number of aryl methyl sites for hydroxylation is 1. The molecule has 0 atom stereocenters. The minimum atomic E-state index is 0.754. The molecule has 13 heavy (non-hydrogen) atoms. The minimum absolute atomic E-state index is 0.754. The zero-order valence-corrected chi connectivity index (χ0v) is 8.73. The van der Waals surface area contributed by atoms with Crippen LogP contribution in [-0.4, -0.2) is 17.5 Å². The average molecular weight is 193 g/mol. The highest BCUT2D eigenvalue weighted by Crippen LogP contribution is 2.18. The van der Waals surface area contributed by atoms with E-state index < -0.39 is 0 Å². The summed E-state index contributed by atoms with van der Waals surface area (Å²) in [5, 5.41) is 3.56. The Kier molecular flexibility index (Phi) is 2.91. The standard InChI is InChI=1S/C11H15NS/c1-9-4-2-3-5-10(9)6-12-11-7-13-8-11/h2-5,11-12H,6-8H2,1H3. The topological polar surface area (TPSA) is 12.0 Å². The summed E-state index contributed by atoms with van der Waals surface area (Å²) in [6, 6.07) is 9.34. The summed E-state index contributed by atoms with van der Waals surface area (Å²) in [5.41, 5.74) is 2.82. The Labute approximate surface area is 83.9 Å². The molecule has 1 saturated heterocycles. The molecule has 2 heteroatoms. The molecule has 0 radical (unpaired) electrons. The van der Waals surface area contributed by atoms with Crippen molar-refractivity contribution in [1.82, 2.24) is 5.32 Å². The first-order chi connectivity index (χ1) is 6.36. The molecular formula is C11H15NS. The molecule has 1 aliphatic heterocycles. The lowest BCUT2D eigenvalue weighted by Crippen LogP contribution is -2.39. The van der Waals surface area contributed by atoms with Gasteiger partial charge in [-0.1, -0.05) is 24.3 Å². The van der Waals surface area contributed by atoms with Gasteiger partial charge < -0.3 is 5.32 Å². The van der Waals surface area contributed by atoms with E-state index in [-0.39, 0.29) is 0 Å². The predicted octanol–water partition coefficient (Wildman–Crippen LogP) is 2.20. The van der Waals surface area contributed by atoms with E-state index in [4.69, 9.17) is 0 Å². The Morgan fingerprint density at radius 3 is 2.77 bits per heavy atom. The van der Waals surface area contributed by atoms with Crippen molar-refractivity contribution in [2.75, 3.05) is 11.5 Å². The average Bonchev–Trinajstić information content (AvgIpc) is 2.05. The van der Waals surface area contributed by atoms with Crippen molar-refractivity contribution in [3.05, 3.63) is 35.4 Å². The van der Waals surface area contributed by atoms with Crippen LogP contribution in [-0.2, 0) is 6.54 Å². The molecule has 0 bridgehead atoms. The van der Waals surface area contributed by atoms with E-state index >= 15 is 0 Å². The Morgan fingerprint density at radius 1 is 1.38 bits per heavy atom. The molecule has 1 N–H and O–H groups in total. The highest BCUT2D eigenvalue weighted by molar-refractivity contribution is 8.00. The van der Waals surface area contributed by atoms with Crippen LogP contribution in [0.2, 0.25) is 0 Å². The monoisotopic (exact) mass is 193 g/mol. The van der Waals surface area contributed by atoms with E-state index in [0.29, 0.717) is 0 Å². The quantitative estimate of drug-likeness (QED) is 0.790. The van der Waals surface area contributed by atoms with Crippen molar-refractivity contribution in [3.8, 4) is 0 Å². The fourth-order valence-corrected chi connectivity index (χ4v) is 2.12. The highest BCUT2D eigenvalue weighted by atomic mass is 32.2. The third-order valence-corrected chi connectivity index (χ3v) is 3.76. The SMILES string of the molecule is Cc1ccccc1CNC1CSC1. The molecule has 0 aromatic heterocycles. The van der Waals surface area contributed by atoms with Gasteiger partial charge in [0.2, 0.25) is 0 Å². The van der Waals surface area contributed by atoms with Crippen molar-refractivity contribution in [2.24, 2.45) is 0 Å². The molecule has 1 nitrogen and oxygen atoms in total. The Morgan fingerprint density at radius 2 is 2.15 bits per heavy atom. The summed E-state index contributed by atoms with van der Waals surface area (Å²) in [6.45, 7) is 3.20. The fraction of sp³-hybridized carbons (Fsp3) is 0.455. The third kappa shape index (κ3) is 2.26. The van der Waals surface area contributed by atoms with Gasteiger partial charge in [-0.3, -0.25) is 0 Å². The number of nitrogens with one attached hydrogen (secondary N) is 1. The lowest BCUT2D eigenvalue weighted by atomic mass is 10.1. The largest absolute Gasteiger partial charge is 0.308 e. The Hall–Kier alpha value is -0.470. The van der Waals surface area contributed by atoms with Gasteiger partial charge in [-0.15, -0.1) is 0 Å². The van der Waals surface area contributed by atoms with E-state index in [9.17, 15) is 0 Å². The van der Waals surface area contributed by atoms with Crippen LogP contribution in [0, 0.1) is 6.92 Å². The molecule has 0 amide bonds. The van der Waals surface area contributed by atoms with E-state index in [1.807, 2.05) is 11.8 Å². The summed E-state index contributed by atoms with van der Waals surface area (Å²) in [7, 11) is 0. The first-order valence-corrected chi connectivity index (χ1v) is 5.87. The van der Waals surface area contributed by atoms with Crippen LogP contribution >= 0.6 is 11.8 Å². The van der Waals surface area contributed by atoms with Gasteiger partial charge in [-0.2, -0.15) is 11.8 Å². The van der Waals surface area contributed by atoms with Gasteiger partial charge >= 0.3 is 0 Å². The van der Waals surface area contributed by atoms with Gasteiger partial charge in [-0.25, -0.2) is 0 Å². The van der Waals surface area contributed by atoms with E-state index in [2.05, 4.69) is 36.5 Å². The third-order valence-electron chi connectivity index (χ3n) is 2.48. The molecular weight excluding hydrogens is 178 g/mol. The molecule has 1 aromatic rings. The Bertz CT molecular complexity index is 281. The molecule has 1 aliphatic rings. The number of thioether (sulfide) groups is 1. The highest BCUT2D eigenvalue weighted by Gasteiger charge is 2.16. The van der Waals surface area contributed by atoms with E-state index in [1.165, 1.54) is 22.6 Å². The number of hydrogen-bond donors (Lipinski definition) is 1. The summed E-state index contributed by atoms with van der Waals surface area (Å²) in [5.74, 6) is 2.57. The smallest absolute Gasteiger partial charge is 0.0252 e. The van der Waals surface area contributed by atoms with Crippen LogP contribution in [0.4, 0.5) is 0 Å². The van der Waals surface area contributed by atoms with Gasteiger partial charge in [-0.05, 0) is 18.1 Å². The maximum absolute atomic E-state index is 3.56. The molecule has 1 heterocycles. The minimum Gasteiger partial charge on any atom is -0.308 e. The van der Waals surface area contributed by atoms with Crippen LogP contribution in [0.15, 0.2) is 24.3 Å². The van der Waals surface area contributed by atoms with Crippen molar-refractivity contribution in [1.29, 1.82) is 0 Å². The fourth-order valence-electron chi connectivity index (χ4n) is 1.42. The molecule has 0 aliphatic carbocycles. The van der Waals surface area contributed by atoms with Gasteiger partial charge in [0.25, 0.3) is 0 Å². The summed E-state index contributed by atoms with van der Waals surface area (Å²) in [6.07, 6.45) is 0. The number of hydrogen-bond acceptors (Lipinski definition) is 2. The first kappa shape index (κ1) is 9.10. The van der Waals surface area contributed by atoms with Crippen molar-refractivity contribution in [2.45, 2.75) is 19.5 Å². The van der Waals surface area contributed by atoms with Crippen molar-refractivity contribution in [3.63, 3.8) is 0 Å². The van der Waals surface area contributed by atoms with E-state index in [0.717, 1.165) is 12.6 Å². The predicted molar refractivity (Wildman–Crippen MR) is 59.1 cm³/mol. The Balaban J connectivity index is 1.89. The van der Waals surface area contributed by atoms with Crippen LogP contribution < -0.4 is 5.32 Å². The molecule has 70 valence electrons. The van der Waals surface area contributed by atoms with Gasteiger partial charge in [0.05, 0.1) is 0 Å². The van der Waals surface area contributed by atoms with Crippen LogP contribution in [0.25, 0.3) is 0 Å². The molecule has 0 spiro atoms. The van der Waals surface area contributed by atoms with E-state index in [1.54, 1.807) is 0 Å². The number of rotatable bonds is 3. The van der Waals surface area contributed by atoms with Crippen LogP contribution in [0.5, 0.6) is 0 Å². The molecule has 0 unspecified atom stereocenters. The summed E-state index contributed by atoms with van der Waals surface area (Å²) >= 11 is 2.02. The van der Waals surface area contributed by atoms with Gasteiger partial charge in [0.15, 0.2) is 0 Å². The van der Waals surface area contributed by atoms with Crippen LogP contribution in [0.3, 0.4) is 0 Å². The molecule has 1 fully saturated rings.